The van der Waals surface area contributed by atoms with Gasteiger partial charge in [0, 0.05) is 17.4 Å². The summed E-state index contributed by atoms with van der Waals surface area (Å²) in [7, 11) is 0. The number of nitrogens with one attached hydrogen (secondary N) is 1. The number of benzene rings is 1. The largest absolute Gasteiger partial charge is 0.573 e. The third kappa shape index (κ3) is 4.31. The third-order valence-electron chi connectivity index (χ3n) is 3.97. The van der Waals surface area contributed by atoms with Crippen molar-refractivity contribution in [3.8, 4) is 17.3 Å². The summed E-state index contributed by atoms with van der Waals surface area (Å²) in [5.41, 5.74) is 1.38. The molecule has 10 heteroatoms. The van der Waals surface area contributed by atoms with Crippen LogP contribution in [0, 0.1) is 0 Å². The Bertz CT molecular complexity index is 1110. The molecule has 4 rings (SSSR count). The Morgan fingerprint density at radius 1 is 1.14 bits per heavy atom. The van der Waals surface area contributed by atoms with Gasteiger partial charge in [-0.2, -0.15) is 9.50 Å². The summed E-state index contributed by atoms with van der Waals surface area (Å²) in [6, 6.07) is 10.7. The van der Waals surface area contributed by atoms with Gasteiger partial charge in [-0.25, -0.2) is 4.98 Å². The maximum Gasteiger partial charge on any atom is 0.573 e. The quantitative estimate of drug-likeness (QED) is 0.489. The minimum Gasteiger partial charge on any atom is -0.461 e. The molecular weight excluding hydrogens is 387 g/mol. The van der Waals surface area contributed by atoms with E-state index in [0.717, 1.165) is 18.5 Å². The van der Waals surface area contributed by atoms with Gasteiger partial charge in [0.15, 0.2) is 5.76 Å². The molecule has 0 amide bonds. The zero-order chi connectivity index (χ0) is 20.4. The Morgan fingerprint density at radius 2 is 1.93 bits per heavy atom. The molecule has 1 aromatic carbocycles. The molecule has 3 heterocycles. The lowest BCUT2D eigenvalue weighted by Crippen LogP contribution is -2.17. The summed E-state index contributed by atoms with van der Waals surface area (Å²) in [5.74, 6) is 1.56. The monoisotopic (exact) mass is 403 g/mol. The molecule has 0 atom stereocenters. The number of hydrogen-bond donors (Lipinski definition) is 1. The van der Waals surface area contributed by atoms with Crippen LogP contribution in [-0.2, 0) is 6.42 Å². The van der Waals surface area contributed by atoms with Crippen LogP contribution in [-0.4, -0.2) is 25.9 Å². The molecule has 0 saturated carbocycles. The Balaban J connectivity index is 1.68. The number of anilines is 2. The van der Waals surface area contributed by atoms with Gasteiger partial charge in [0.2, 0.25) is 5.82 Å². The van der Waals surface area contributed by atoms with Crippen LogP contribution in [0.2, 0.25) is 0 Å². The number of hydrogen-bond acceptors (Lipinski definition) is 6. The number of ether oxygens (including phenoxy) is 1. The first-order valence-electron chi connectivity index (χ1n) is 8.84. The van der Waals surface area contributed by atoms with Crippen LogP contribution in [0.5, 0.6) is 5.75 Å². The average molecular weight is 403 g/mol. The lowest BCUT2D eigenvalue weighted by molar-refractivity contribution is -0.274. The van der Waals surface area contributed by atoms with Crippen molar-refractivity contribution in [2.45, 2.75) is 26.1 Å². The lowest BCUT2D eigenvalue weighted by atomic mass is 10.2. The fraction of sp³-hybridized carbons (Fsp3) is 0.211. The van der Waals surface area contributed by atoms with E-state index in [1.807, 2.05) is 13.0 Å². The van der Waals surface area contributed by atoms with Crippen molar-refractivity contribution in [2.75, 3.05) is 5.32 Å². The highest BCUT2D eigenvalue weighted by molar-refractivity contribution is 5.61. The molecule has 0 saturated heterocycles. The highest BCUT2D eigenvalue weighted by Gasteiger charge is 2.31. The van der Waals surface area contributed by atoms with E-state index in [2.05, 4.69) is 25.1 Å². The van der Waals surface area contributed by atoms with Gasteiger partial charge in [0.1, 0.15) is 11.6 Å². The van der Waals surface area contributed by atoms with E-state index in [1.165, 1.54) is 35.0 Å². The Morgan fingerprint density at radius 3 is 2.59 bits per heavy atom. The predicted molar refractivity (Wildman–Crippen MR) is 98.9 cm³/mol. The van der Waals surface area contributed by atoms with Gasteiger partial charge in [-0.3, -0.25) is 0 Å². The van der Waals surface area contributed by atoms with Crippen molar-refractivity contribution >= 4 is 17.3 Å². The zero-order valence-corrected chi connectivity index (χ0v) is 15.3. The molecule has 0 aliphatic rings. The Hall–Kier alpha value is -3.56. The normalized spacial score (nSPS) is 11.7. The van der Waals surface area contributed by atoms with Crippen LogP contribution in [0.15, 0.2) is 53.1 Å². The fourth-order valence-electron chi connectivity index (χ4n) is 2.79. The number of nitrogens with zero attached hydrogens (tertiary/aromatic N) is 4. The summed E-state index contributed by atoms with van der Waals surface area (Å²) in [5, 5.41) is 7.58. The number of aryl methyl sites for hydroxylation is 1. The van der Waals surface area contributed by atoms with Crippen LogP contribution in [0.3, 0.4) is 0 Å². The minimum absolute atomic E-state index is 0.296. The highest BCUT2D eigenvalue weighted by Crippen LogP contribution is 2.26. The van der Waals surface area contributed by atoms with Crippen molar-refractivity contribution in [2.24, 2.45) is 0 Å². The van der Waals surface area contributed by atoms with Crippen LogP contribution in [0.4, 0.5) is 24.7 Å². The van der Waals surface area contributed by atoms with Crippen LogP contribution >= 0.6 is 0 Å². The number of furan rings is 1. The number of fused-ring (bicyclic) bond motifs is 1. The van der Waals surface area contributed by atoms with Crippen LogP contribution in [0.25, 0.3) is 17.4 Å². The summed E-state index contributed by atoms with van der Waals surface area (Å²) < 4.78 is 47.8. The summed E-state index contributed by atoms with van der Waals surface area (Å²) in [6.45, 7) is 2.04. The van der Waals surface area contributed by atoms with Gasteiger partial charge in [0.25, 0.3) is 5.78 Å². The molecule has 0 spiro atoms. The van der Waals surface area contributed by atoms with Crippen molar-refractivity contribution in [3.63, 3.8) is 0 Å². The molecule has 0 aliphatic heterocycles. The van der Waals surface area contributed by atoms with E-state index in [1.54, 1.807) is 12.1 Å². The number of aromatic nitrogens is 4. The van der Waals surface area contributed by atoms with Gasteiger partial charge in [-0.1, -0.05) is 13.3 Å². The summed E-state index contributed by atoms with van der Waals surface area (Å²) in [6.07, 6.45) is -1.57. The van der Waals surface area contributed by atoms with E-state index in [4.69, 9.17) is 4.42 Å². The lowest BCUT2D eigenvalue weighted by Gasteiger charge is -2.11. The summed E-state index contributed by atoms with van der Waals surface area (Å²) in [4.78, 5) is 8.93. The maximum absolute atomic E-state index is 12.3. The van der Waals surface area contributed by atoms with E-state index in [9.17, 15) is 13.2 Å². The first kappa shape index (κ1) is 18.8. The zero-order valence-electron chi connectivity index (χ0n) is 15.3. The molecule has 7 nitrogen and oxygen atoms in total. The van der Waals surface area contributed by atoms with E-state index in [-0.39, 0.29) is 5.75 Å². The van der Waals surface area contributed by atoms with Crippen molar-refractivity contribution < 1.29 is 22.3 Å². The minimum atomic E-state index is -4.73. The molecule has 0 radical (unpaired) electrons. The molecular formula is C19H16F3N5O2. The number of halogens is 3. The highest BCUT2D eigenvalue weighted by atomic mass is 19.4. The smallest absolute Gasteiger partial charge is 0.461 e. The average Bonchev–Trinajstić information content (AvgIpc) is 3.31. The second-order valence-electron chi connectivity index (χ2n) is 6.20. The van der Waals surface area contributed by atoms with Gasteiger partial charge in [-0.15, -0.1) is 18.3 Å². The second-order valence-corrected chi connectivity index (χ2v) is 6.20. The van der Waals surface area contributed by atoms with E-state index < -0.39 is 6.36 Å². The van der Waals surface area contributed by atoms with Crippen LogP contribution in [0.1, 0.15) is 19.0 Å². The topological polar surface area (TPSA) is 77.5 Å². The first-order valence-corrected chi connectivity index (χ1v) is 8.84. The van der Waals surface area contributed by atoms with Crippen molar-refractivity contribution in [1.29, 1.82) is 0 Å². The molecule has 1 N–H and O–H groups in total. The van der Waals surface area contributed by atoms with Gasteiger partial charge in [0.05, 0.1) is 6.26 Å². The van der Waals surface area contributed by atoms with Crippen LogP contribution < -0.4 is 10.1 Å². The molecule has 0 unspecified atom stereocenters. The molecule has 150 valence electrons. The second kappa shape index (κ2) is 7.46. The molecule has 0 aliphatic carbocycles. The summed E-state index contributed by atoms with van der Waals surface area (Å²) >= 11 is 0. The number of alkyl halides is 3. The van der Waals surface area contributed by atoms with Gasteiger partial charge in [-0.05, 0) is 42.8 Å². The Labute approximate surface area is 163 Å². The predicted octanol–water partition coefficient (Wildman–Crippen LogP) is 4.98. The van der Waals surface area contributed by atoms with Gasteiger partial charge < -0.3 is 14.5 Å². The SMILES string of the molecule is CCCc1cc(Nc2ccc(OC(F)(F)F)cc2)n2nc(-c3ccco3)nc2n1. The molecule has 0 bridgehead atoms. The third-order valence-corrected chi connectivity index (χ3v) is 3.97. The molecule has 3 aromatic heterocycles. The standard InChI is InChI=1S/C19H16F3N5O2/c1-2-4-13-11-16(23-12-6-8-14(9-7-12)29-19(20,21)22)27-18(24-13)25-17(26-27)15-5-3-10-28-15/h3,5-11,23H,2,4H2,1H3. The maximum atomic E-state index is 12.3. The Kier molecular flexibility index (Phi) is 4.83. The van der Waals surface area contributed by atoms with Crippen molar-refractivity contribution in [3.05, 3.63) is 54.4 Å². The molecule has 4 aromatic rings. The number of rotatable bonds is 6. The van der Waals surface area contributed by atoms with Crippen molar-refractivity contribution in [1.82, 2.24) is 19.6 Å². The first-order chi connectivity index (χ1) is 13.9. The molecule has 0 fully saturated rings. The van der Waals surface area contributed by atoms with E-state index in [0.29, 0.717) is 28.9 Å². The van der Waals surface area contributed by atoms with E-state index >= 15 is 0 Å². The van der Waals surface area contributed by atoms with Gasteiger partial charge >= 0.3 is 6.36 Å². The molecule has 29 heavy (non-hydrogen) atoms. The fourth-order valence-corrected chi connectivity index (χ4v) is 2.79.